The topological polar surface area (TPSA) is 161 Å². The number of nitrogen functional groups attached to an aromatic ring is 1. The van der Waals surface area contributed by atoms with E-state index in [1.165, 1.54) is 17.2 Å². The van der Waals surface area contributed by atoms with Crippen LogP contribution in [0.5, 0.6) is 0 Å². The SMILES string of the molecule is Cc1cc(C(=O)n2nc(C3C(=O)CN(CC(=O)N4CCOCC4)C3C(F)(F)F)nc2SCc2ccc(C(=N)N)cc2)co1. The standard InChI is InChI=1S/C27H28F3N7O5S/c1-15-10-18(13-42-15)25(40)37-26(43-14-16-2-4-17(5-3-16)23(31)32)33-24(34-37)21-19(38)11-36(22(21)27(28,29)30)12-20(39)35-6-8-41-9-7-35/h2-5,10,13,21-22H,6-9,11-12,14H2,1H3,(H3,31,32). The average molecular weight is 620 g/mol. The number of halogens is 3. The van der Waals surface area contributed by atoms with Crippen LogP contribution in [-0.4, -0.2) is 99.6 Å². The third kappa shape index (κ3) is 6.65. The Morgan fingerprint density at radius 1 is 1.16 bits per heavy atom. The monoisotopic (exact) mass is 619 g/mol. The first-order chi connectivity index (χ1) is 20.4. The Bertz CT molecular complexity index is 1530. The molecule has 0 radical (unpaired) electrons. The summed E-state index contributed by atoms with van der Waals surface area (Å²) in [6.45, 7) is 1.45. The number of aromatic nitrogens is 3. The van der Waals surface area contributed by atoms with Gasteiger partial charge in [0.15, 0.2) is 16.8 Å². The van der Waals surface area contributed by atoms with Crippen molar-refractivity contribution in [1.29, 1.82) is 5.41 Å². The van der Waals surface area contributed by atoms with Crippen LogP contribution in [0, 0.1) is 12.3 Å². The maximum atomic E-state index is 14.5. The van der Waals surface area contributed by atoms with E-state index in [2.05, 4.69) is 10.1 Å². The van der Waals surface area contributed by atoms with Gasteiger partial charge >= 0.3 is 6.18 Å². The molecule has 43 heavy (non-hydrogen) atoms. The Hall–Kier alpha value is -4.02. The number of thioether (sulfide) groups is 1. The average Bonchev–Trinajstić information content (AvgIpc) is 3.68. The van der Waals surface area contributed by atoms with E-state index in [1.807, 2.05) is 0 Å². The summed E-state index contributed by atoms with van der Waals surface area (Å²) in [6.07, 6.45) is -3.70. The molecule has 3 aromatic rings. The quantitative estimate of drug-likeness (QED) is 0.217. The van der Waals surface area contributed by atoms with E-state index in [0.29, 0.717) is 11.3 Å². The van der Waals surface area contributed by atoms with Gasteiger partial charge in [0.2, 0.25) is 5.91 Å². The summed E-state index contributed by atoms with van der Waals surface area (Å²) in [4.78, 5) is 45.8. The van der Waals surface area contributed by atoms with E-state index in [1.54, 1.807) is 31.2 Å². The second-order valence-electron chi connectivity index (χ2n) is 10.1. The Morgan fingerprint density at radius 2 is 1.86 bits per heavy atom. The molecule has 2 aliphatic rings. The number of carbonyl (C=O) groups excluding carboxylic acids is 3. The van der Waals surface area contributed by atoms with Gasteiger partial charge in [0.05, 0.1) is 31.9 Å². The molecule has 2 fully saturated rings. The molecule has 4 heterocycles. The number of amidine groups is 1. The summed E-state index contributed by atoms with van der Waals surface area (Å²) in [5, 5.41) is 11.6. The normalized spacial score (nSPS) is 19.6. The zero-order valence-electron chi connectivity index (χ0n) is 23.0. The van der Waals surface area contributed by atoms with Crippen LogP contribution in [0.2, 0.25) is 0 Å². The van der Waals surface area contributed by atoms with Crippen LogP contribution in [-0.2, 0) is 20.1 Å². The first-order valence-corrected chi connectivity index (χ1v) is 14.2. The molecular formula is C27H28F3N7O5S. The summed E-state index contributed by atoms with van der Waals surface area (Å²) in [6, 6.07) is 5.82. The number of nitrogens with one attached hydrogen (secondary N) is 1. The van der Waals surface area contributed by atoms with Crippen molar-refractivity contribution in [2.75, 3.05) is 39.4 Å². The summed E-state index contributed by atoms with van der Waals surface area (Å²) >= 11 is 1.04. The molecule has 3 N–H and O–H groups in total. The van der Waals surface area contributed by atoms with Crippen LogP contribution in [0.15, 0.2) is 46.2 Å². The lowest BCUT2D eigenvalue weighted by molar-refractivity contribution is -0.182. The summed E-state index contributed by atoms with van der Waals surface area (Å²) in [5.74, 6) is -3.77. The fourth-order valence-corrected chi connectivity index (χ4v) is 5.87. The fourth-order valence-electron chi connectivity index (χ4n) is 4.98. The van der Waals surface area contributed by atoms with Crippen molar-refractivity contribution in [3.05, 3.63) is 64.9 Å². The van der Waals surface area contributed by atoms with Crippen LogP contribution in [0.4, 0.5) is 13.2 Å². The van der Waals surface area contributed by atoms with Crippen molar-refractivity contribution in [3.63, 3.8) is 0 Å². The van der Waals surface area contributed by atoms with E-state index >= 15 is 0 Å². The zero-order valence-corrected chi connectivity index (χ0v) is 23.8. The van der Waals surface area contributed by atoms with Gasteiger partial charge in [-0.25, -0.2) is 4.98 Å². The second kappa shape index (κ2) is 12.3. The maximum Gasteiger partial charge on any atom is 0.405 e. The molecule has 2 unspecified atom stereocenters. The summed E-state index contributed by atoms with van der Waals surface area (Å²) in [5.41, 5.74) is 6.88. The van der Waals surface area contributed by atoms with Gasteiger partial charge in [-0.1, -0.05) is 36.0 Å². The van der Waals surface area contributed by atoms with Crippen molar-refractivity contribution in [2.45, 2.75) is 36.0 Å². The molecule has 0 saturated carbocycles. The number of benzene rings is 1. The largest absolute Gasteiger partial charge is 0.469 e. The van der Waals surface area contributed by atoms with Crippen LogP contribution in [0.3, 0.4) is 0 Å². The molecule has 16 heteroatoms. The highest BCUT2D eigenvalue weighted by molar-refractivity contribution is 7.98. The molecule has 0 bridgehead atoms. The van der Waals surface area contributed by atoms with E-state index in [0.717, 1.165) is 26.9 Å². The lowest BCUT2D eigenvalue weighted by Crippen LogP contribution is -2.50. The van der Waals surface area contributed by atoms with Crippen LogP contribution in [0.1, 0.15) is 39.0 Å². The van der Waals surface area contributed by atoms with Crippen molar-refractivity contribution in [3.8, 4) is 0 Å². The van der Waals surface area contributed by atoms with Crippen molar-refractivity contribution in [2.24, 2.45) is 5.73 Å². The first kappa shape index (κ1) is 30.4. The number of Topliss-reactive ketones (excluding diaryl/α,β-unsaturated/α-hetero) is 1. The highest BCUT2D eigenvalue weighted by Crippen LogP contribution is 2.40. The number of ketones is 1. The fraction of sp³-hybridized carbons (Fsp3) is 0.407. The van der Waals surface area contributed by atoms with Crippen LogP contribution >= 0.6 is 11.8 Å². The number of rotatable bonds is 8. The van der Waals surface area contributed by atoms with Gasteiger partial charge in [0.25, 0.3) is 5.91 Å². The minimum Gasteiger partial charge on any atom is -0.469 e. The summed E-state index contributed by atoms with van der Waals surface area (Å²) in [7, 11) is 0. The number of hydrogen-bond acceptors (Lipinski definition) is 10. The van der Waals surface area contributed by atoms with Crippen molar-refractivity contribution < 1.29 is 36.7 Å². The number of alkyl halides is 3. The van der Waals surface area contributed by atoms with Crippen LogP contribution < -0.4 is 5.73 Å². The number of ether oxygens (including phenoxy) is 1. The first-order valence-electron chi connectivity index (χ1n) is 13.2. The third-order valence-electron chi connectivity index (χ3n) is 7.13. The Labute approximate surface area is 247 Å². The van der Waals surface area contributed by atoms with Gasteiger partial charge in [-0.05, 0) is 18.6 Å². The number of nitrogens with two attached hydrogens (primary N) is 1. The minimum atomic E-state index is -4.90. The number of morpholine rings is 1. The molecular weight excluding hydrogens is 591 g/mol. The molecule has 1 amide bonds. The second-order valence-corrected chi connectivity index (χ2v) is 11.1. The highest BCUT2D eigenvalue weighted by atomic mass is 32.2. The number of aryl methyl sites for hydroxylation is 1. The van der Waals surface area contributed by atoms with Gasteiger partial charge < -0.3 is 19.8 Å². The number of likely N-dealkylation sites (tertiary alicyclic amines) is 1. The Balaban J connectivity index is 1.45. The predicted molar refractivity (Wildman–Crippen MR) is 147 cm³/mol. The van der Waals surface area contributed by atoms with E-state index in [-0.39, 0.29) is 48.6 Å². The molecule has 2 aliphatic heterocycles. The van der Waals surface area contributed by atoms with E-state index < -0.39 is 54.6 Å². The number of carbonyl (C=O) groups is 3. The van der Waals surface area contributed by atoms with E-state index in [9.17, 15) is 27.6 Å². The number of furan rings is 1. The van der Waals surface area contributed by atoms with Gasteiger partial charge in [0, 0.05) is 24.4 Å². The van der Waals surface area contributed by atoms with Gasteiger partial charge in [-0.15, -0.1) is 5.10 Å². The molecule has 1 aromatic carbocycles. The van der Waals surface area contributed by atoms with Gasteiger partial charge in [-0.3, -0.25) is 24.7 Å². The number of nitrogens with zero attached hydrogens (tertiary/aromatic N) is 5. The predicted octanol–water partition coefficient (Wildman–Crippen LogP) is 2.20. The highest BCUT2D eigenvalue weighted by Gasteiger charge is 2.58. The molecule has 2 atom stereocenters. The number of hydrogen-bond donors (Lipinski definition) is 2. The molecule has 0 aliphatic carbocycles. The Morgan fingerprint density at radius 3 is 2.47 bits per heavy atom. The molecule has 2 saturated heterocycles. The smallest absolute Gasteiger partial charge is 0.405 e. The maximum absolute atomic E-state index is 14.5. The lowest BCUT2D eigenvalue weighted by Gasteiger charge is -2.31. The molecule has 0 spiro atoms. The number of amides is 1. The van der Waals surface area contributed by atoms with Gasteiger partial charge in [-0.2, -0.15) is 17.9 Å². The van der Waals surface area contributed by atoms with Crippen molar-refractivity contribution >= 4 is 35.2 Å². The van der Waals surface area contributed by atoms with Gasteiger partial charge in [0.1, 0.15) is 29.8 Å². The minimum absolute atomic E-state index is 0.0222. The molecule has 228 valence electrons. The Kier molecular flexibility index (Phi) is 8.71. The summed E-state index contributed by atoms with van der Waals surface area (Å²) < 4.78 is 54.8. The third-order valence-corrected chi connectivity index (χ3v) is 8.13. The zero-order chi connectivity index (χ0) is 30.9. The molecule has 2 aromatic heterocycles. The van der Waals surface area contributed by atoms with Crippen LogP contribution in [0.25, 0.3) is 0 Å². The lowest BCUT2D eigenvalue weighted by atomic mass is 9.98. The van der Waals surface area contributed by atoms with E-state index in [4.69, 9.17) is 20.3 Å². The molecule has 5 rings (SSSR count). The molecule has 12 nitrogen and oxygen atoms in total. The van der Waals surface area contributed by atoms with Crippen molar-refractivity contribution in [1.82, 2.24) is 24.6 Å².